The molecule has 0 unspecified atom stereocenters. The Bertz CT molecular complexity index is 690. The maximum Gasteiger partial charge on any atom is 0.255 e. The maximum absolute atomic E-state index is 12.6. The van der Waals surface area contributed by atoms with Gasteiger partial charge in [0.15, 0.2) is 0 Å². The maximum atomic E-state index is 12.6. The Morgan fingerprint density at radius 3 is 2.38 bits per heavy atom. The number of para-hydroxylation sites is 1. The van der Waals surface area contributed by atoms with Crippen molar-refractivity contribution < 1.29 is 9.53 Å². The van der Waals surface area contributed by atoms with Gasteiger partial charge in [0, 0.05) is 44.5 Å². The molecule has 1 saturated carbocycles. The van der Waals surface area contributed by atoms with Crippen LogP contribution in [0.3, 0.4) is 0 Å². The predicted octanol–water partition coefficient (Wildman–Crippen LogP) is 2.79. The number of aromatic nitrogens is 1. The highest BCUT2D eigenvalue weighted by atomic mass is 16.5. The normalized spacial score (nSPS) is 18.4. The second-order valence-corrected chi connectivity index (χ2v) is 6.36. The molecule has 24 heavy (non-hydrogen) atoms. The third-order valence-corrected chi connectivity index (χ3v) is 4.61. The van der Waals surface area contributed by atoms with Gasteiger partial charge in [-0.3, -0.25) is 9.69 Å². The topological polar surface area (TPSA) is 45.7 Å². The molecule has 1 amide bonds. The van der Waals surface area contributed by atoms with Gasteiger partial charge in [0.05, 0.1) is 5.56 Å². The molecule has 1 aromatic carbocycles. The van der Waals surface area contributed by atoms with E-state index in [2.05, 4.69) is 9.88 Å². The number of carbonyl (C=O) groups excluding carboxylic acids is 1. The Balaban J connectivity index is 1.36. The van der Waals surface area contributed by atoms with Crippen LogP contribution in [0.25, 0.3) is 0 Å². The van der Waals surface area contributed by atoms with Gasteiger partial charge in [0.2, 0.25) is 5.88 Å². The van der Waals surface area contributed by atoms with Crippen LogP contribution in [-0.4, -0.2) is 52.9 Å². The lowest BCUT2D eigenvalue weighted by Gasteiger charge is -2.34. The Hall–Kier alpha value is -2.40. The van der Waals surface area contributed by atoms with E-state index in [0.717, 1.165) is 38.0 Å². The first-order valence-corrected chi connectivity index (χ1v) is 8.52. The number of pyridine rings is 1. The third-order valence-electron chi connectivity index (χ3n) is 4.61. The molecule has 1 aliphatic carbocycles. The van der Waals surface area contributed by atoms with Gasteiger partial charge >= 0.3 is 0 Å². The number of piperazine rings is 1. The quantitative estimate of drug-likeness (QED) is 0.868. The summed E-state index contributed by atoms with van der Waals surface area (Å²) in [5, 5.41) is 0. The monoisotopic (exact) mass is 323 g/mol. The number of amides is 1. The fraction of sp³-hybridized carbons (Fsp3) is 0.368. The average Bonchev–Trinajstić information content (AvgIpc) is 3.48. The second-order valence-electron chi connectivity index (χ2n) is 6.36. The van der Waals surface area contributed by atoms with Gasteiger partial charge in [-0.2, -0.15) is 0 Å². The summed E-state index contributed by atoms with van der Waals surface area (Å²) in [4.78, 5) is 21.3. The Morgan fingerprint density at radius 1 is 1.00 bits per heavy atom. The van der Waals surface area contributed by atoms with Crippen molar-refractivity contribution in [3.8, 4) is 11.6 Å². The van der Waals surface area contributed by atoms with Crippen LogP contribution in [0.2, 0.25) is 0 Å². The average molecular weight is 323 g/mol. The lowest BCUT2D eigenvalue weighted by Crippen LogP contribution is -2.49. The second kappa shape index (κ2) is 6.61. The largest absolute Gasteiger partial charge is 0.439 e. The summed E-state index contributed by atoms with van der Waals surface area (Å²) in [6.07, 6.45) is 4.25. The number of rotatable bonds is 4. The summed E-state index contributed by atoms with van der Waals surface area (Å²) >= 11 is 0. The van der Waals surface area contributed by atoms with E-state index < -0.39 is 0 Å². The van der Waals surface area contributed by atoms with Crippen LogP contribution in [0, 0.1) is 0 Å². The van der Waals surface area contributed by atoms with Crippen molar-refractivity contribution in [3.63, 3.8) is 0 Å². The van der Waals surface area contributed by atoms with Crippen molar-refractivity contribution in [2.24, 2.45) is 0 Å². The predicted molar refractivity (Wildman–Crippen MR) is 91.3 cm³/mol. The summed E-state index contributed by atoms with van der Waals surface area (Å²) in [6.45, 7) is 3.58. The molecule has 5 heteroatoms. The molecule has 0 radical (unpaired) electrons. The van der Waals surface area contributed by atoms with Crippen LogP contribution in [0.1, 0.15) is 23.2 Å². The molecule has 1 aromatic heterocycles. The third kappa shape index (κ3) is 3.41. The molecular weight excluding hydrogens is 302 g/mol. The molecule has 5 nitrogen and oxygen atoms in total. The van der Waals surface area contributed by atoms with E-state index in [1.807, 2.05) is 35.2 Å². The summed E-state index contributed by atoms with van der Waals surface area (Å²) < 4.78 is 5.66. The van der Waals surface area contributed by atoms with Crippen molar-refractivity contribution in [2.45, 2.75) is 18.9 Å². The molecule has 2 aromatic rings. The van der Waals surface area contributed by atoms with E-state index in [9.17, 15) is 4.79 Å². The van der Waals surface area contributed by atoms with Gasteiger partial charge in [-0.25, -0.2) is 4.98 Å². The van der Waals surface area contributed by atoms with Gasteiger partial charge in [-0.1, -0.05) is 18.2 Å². The first-order valence-electron chi connectivity index (χ1n) is 8.52. The molecule has 2 heterocycles. The van der Waals surface area contributed by atoms with Crippen molar-refractivity contribution in [2.75, 3.05) is 26.2 Å². The Morgan fingerprint density at radius 2 is 1.75 bits per heavy atom. The number of nitrogens with zero attached hydrogens (tertiary/aromatic N) is 3. The van der Waals surface area contributed by atoms with Gasteiger partial charge in [0.25, 0.3) is 5.91 Å². The van der Waals surface area contributed by atoms with E-state index in [0.29, 0.717) is 11.4 Å². The van der Waals surface area contributed by atoms with Crippen LogP contribution in [-0.2, 0) is 0 Å². The minimum Gasteiger partial charge on any atom is -0.439 e. The van der Waals surface area contributed by atoms with Crippen LogP contribution in [0.15, 0.2) is 48.7 Å². The standard InChI is InChI=1S/C19H21N3O2/c23-19(22-12-10-21(11-13-22)16-7-8-16)15-6-9-18(20-14-15)24-17-4-2-1-3-5-17/h1-6,9,14,16H,7-8,10-13H2. The van der Waals surface area contributed by atoms with Crippen molar-refractivity contribution in [1.29, 1.82) is 0 Å². The highest BCUT2D eigenvalue weighted by molar-refractivity contribution is 5.94. The lowest BCUT2D eigenvalue weighted by atomic mass is 10.2. The Labute approximate surface area is 141 Å². The van der Waals surface area contributed by atoms with Gasteiger partial charge in [-0.05, 0) is 31.0 Å². The first kappa shape index (κ1) is 15.1. The van der Waals surface area contributed by atoms with Crippen molar-refractivity contribution in [1.82, 2.24) is 14.8 Å². The van der Waals surface area contributed by atoms with Crippen molar-refractivity contribution >= 4 is 5.91 Å². The zero-order valence-electron chi connectivity index (χ0n) is 13.6. The SMILES string of the molecule is O=C(c1ccc(Oc2ccccc2)nc1)N1CCN(C2CC2)CC1. The Kier molecular flexibility index (Phi) is 4.17. The molecule has 1 aliphatic heterocycles. The highest BCUT2D eigenvalue weighted by Gasteiger charge is 2.32. The van der Waals surface area contributed by atoms with E-state index in [-0.39, 0.29) is 5.91 Å². The van der Waals surface area contributed by atoms with Gasteiger partial charge in [-0.15, -0.1) is 0 Å². The summed E-state index contributed by atoms with van der Waals surface area (Å²) in [5.74, 6) is 1.29. The number of hydrogen-bond acceptors (Lipinski definition) is 4. The molecule has 4 rings (SSSR count). The molecule has 0 spiro atoms. The highest BCUT2D eigenvalue weighted by Crippen LogP contribution is 2.27. The molecular formula is C19H21N3O2. The molecule has 0 atom stereocenters. The minimum absolute atomic E-state index is 0.0595. The van der Waals surface area contributed by atoms with Crippen LogP contribution in [0.4, 0.5) is 0 Å². The number of carbonyl (C=O) groups is 1. The van der Waals surface area contributed by atoms with E-state index in [1.54, 1.807) is 18.3 Å². The van der Waals surface area contributed by atoms with Crippen molar-refractivity contribution in [3.05, 3.63) is 54.2 Å². The summed E-state index contributed by atoms with van der Waals surface area (Å²) in [5.41, 5.74) is 0.621. The molecule has 2 aliphatic rings. The fourth-order valence-corrected chi connectivity index (χ4v) is 3.09. The molecule has 2 fully saturated rings. The van der Waals surface area contributed by atoms with Crippen LogP contribution < -0.4 is 4.74 Å². The number of ether oxygens (including phenoxy) is 1. The van der Waals surface area contributed by atoms with E-state index in [1.165, 1.54) is 12.8 Å². The van der Waals surface area contributed by atoms with E-state index in [4.69, 9.17) is 4.74 Å². The lowest BCUT2D eigenvalue weighted by molar-refractivity contribution is 0.0627. The fourth-order valence-electron chi connectivity index (χ4n) is 3.09. The van der Waals surface area contributed by atoms with Crippen LogP contribution in [0.5, 0.6) is 11.6 Å². The summed E-state index contributed by atoms with van der Waals surface area (Å²) in [7, 11) is 0. The zero-order chi connectivity index (χ0) is 16.4. The first-order chi connectivity index (χ1) is 11.8. The molecule has 124 valence electrons. The smallest absolute Gasteiger partial charge is 0.255 e. The van der Waals surface area contributed by atoms with Crippen LogP contribution >= 0.6 is 0 Å². The van der Waals surface area contributed by atoms with E-state index >= 15 is 0 Å². The zero-order valence-corrected chi connectivity index (χ0v) is 13.6. The number of hydrogen-bond donors (Lipinski definition) is 0. The number of benzene rings is 1. The van der Waals surface area contributed by atoms with Gasteiger partial charge in [0.1, 0.15) is 5.75 Å². The summed E-state index contributed by atoms with van der Waals surface area (Å²) in [6, 6.07) is 13.8. The van der Waals surface area contributed by atoms with Gasteiger partial charge < -0.3 is 9.64 Å². The molecule has 0 bridgehead atoms. The molecule has 0 N–H and O–H groups in total. The molecule has 1 saturated heterocycles. The minimum atomic E-state index is 0.0595.